The van der Waals surface area contributed by atoms with Gasteiger partial charge in [0.25, 0.3) is 6.43 Å². The first-order valence-corrected chi connectivity index (χ1v) is 6.09. The van der Waals surface area contributed by atoms with Gasteiger partial charge in [0.05, 0.1) is 12.2 Å². The van der Waals surface area contributed by atoms with Crippen LogP contribution in [0.2, 0.25) is 0 Å². The lowest BCUT2D eigenvalue weighted by Crippen LogP contribution is -2.40. The van der Waals surface area contributed by atoms with Crippen molar-refractivity contribution >= 4 is 11.7 Å². The van der Waals surface area contributed by atoms with Crippen LogP contribution in [-0.2, 0) is 0 Å². The summed E-state index contributed by atoms with van der Waals surface area (Å²) in [5.74, 6) is -0.577. The number of halogens is 3. The highest BCUT2D eigenvalue weighted by Gasteiger charge is 2.34. The summed E-state index contributed by atoms with van der Waals surface area (Å²) in [6, 6.07) is 3.46. The van der Waals surface area contributed by atoms with Crippen LogP contribution in [0.1, 0.15) is 18.4 Å². The van der Waals surface area contributed by atoms with Gasteiger partial charge in [-0.2, -0.15) is 0 Å². The Morgan fingerprint density at radius 1 is 1.47 bits per heavy atom. The lowest BCUT2D eigenvalue weighted by atomic mass is 10.2. The number of carbonyl (C=O) groups excluding carboxylic acids is 1. The number of hydrogen-bond acceptors (Lipinski definition) is 1. The molecule has 3 nitrogen and oxygen atoms in total. The van der Waals surface area contributed by atoms with Gasteiger partial charge in [-0.1, -0.05) is 6.07 Å². The van der Waals surface area contributed by atoms with E-state index in [1.54, 1.807) is 13.0 Å². The maximum absolute atomic E-state index is 13.5. The number of rotatable bonds is 4. The van der Waals surface area contributed by atoms with E-state index in [4.69, 9.17) is 0 Å². The van der Waals surface area contributed by atoms with Crippen molar-refractivity contribution < 1.29 is 18.0 Å². The zero-order valence-corrected chi connectivity index (χ0v) is 10.5. The van der Waals surface area contributed by atoms with E-state index < -0.39 is 24.8 Å². The molecule has 1 aromatic rings. The Morgan fingerprint density at radius 2 is 2.16 bits per heavy atom. The van der Waals surface area contributed by atoms with Crippen LogP contribution in [0.15, 0.2) is 18.2 Å². The minimum absolute atomic E-state index is 0.0184. The van der Waals surface area contributed by atoms with Crippen LogP contribution < -0.4 is 5.32 Å². The van der Waals surface area contributed by atoms with Gasteiger partial charge in [0.1, 0.15) is 5.82 Å². The third-order valence-corrected chi connectivity index (χ3v) is 2.95. The highest BCUT2D eigenvalue weighted by molar-refractivity contribution is 5.90. The summed E-state index contributed by atoms with van der Waals surface area (Å²) in [7, 11) is 0. The maximum Gasteiger partial charge on any atom is 0.322 e. The monoisotopic (exact) mass is 272 g/mol. The molecular formula is C13H15F3N2O. The number of carbonyl (C=O) groups is 1. The molecule has 0 aliphatic heterocycles. The van der Waals surface area contributed by atoms with Crippen LogP contribution in [0, 0.1) is 12.7 Å². The average Bonchev–Trinajstić information content (AvgIpc) is 3.14. The molecular weight excluding hydrogens is 257 g/mol. The van der Waals surface area contributed by atoms with Gasteiger partial charge < -0.3 is 10.2 Å². The molecule has 2 amide bonds. The second-order valence-corrected chi connectivity index (χ2v) is 4.69. The van der Waals surface area contributed by atoms with Crippen LogP contribution >= 0.6 is 0 Å². The SMILES string of the molecule is Cc1ccc(F)c(NC(=O)N(CC(F)F)C2CC2)c1. The third kappa shape index (κ3) is 3.62. The number of benzene rings is 1. The molecule has 1 aromatic carbocycles. The van der Waals surface area contributed by atoms with Crippen molar-refractivity contribution in [1.82, 2.24) is 4.90 Å². The number of hydrogen-bond donors (Lipinski definition) is 1. The number of alkyl halides is 2. The minimum atomic E-state index is -2.59. The first-order valence-electron chi connectivity index (χ1n) is 6.09. The van der Waals surface area contributed by atoms with Crippen molar-refractivity contribution in [3.05, 3.63) is 29.6 Å². The highest BCUT2D eigenvalue weighted by atomic mass is 19.3. The second kappa shape index (κ2) is 5.50. The largest absolute Gasteiger partial charge is 0.322 e. The molecule has 104 valence electrons. The van der Waals surface area contributed by atoms with Crippen molar-refractivity contribution in [3.63, 3.8) is 0 Å². The molecule has 2 rings (SSSR count). The van der Waals surface area contributed by atoms with Crippen molar-refractivity contribution in [1.29, 1.82) is 0 Å². The van der Waals surface area contributed by atoms with E-state index in [1.165, 1.54) is 12.1 Å². The molecule has 1 aliphatic carbocycles. The molecule has 1 saturated carbocycles. The Hall–Kier alpha value is -1.72. The van der Waals surface area contributed by atoms with Crippen LogP contribution in [0.25, 0.3) is 0 Å². The quantitative estimate of drug-likeness (QED) is 0.895. The van der Waals surface area contributed by atoms with Gasteiger partial charge >= 0.3 is 6.03 Å². The van der Waals surface area contributed by atoms with Crippen LogP contribution in [-0.4, -0.2) is 29.9 Å². The molecule has 0 heterocycles. The van der Waals surface area contributed by atoms with E-state index in [2.05, 4.69) is 5.32 Å². The molecule has 0 radical (unpaired) electrons. The number of amides is 2. The van der Waals surface area contributed by atoms with Crippen LogP contribution in [0.4, 0.5) is 23.7 Å². The number of anilines is 1. The smallest absolute Gasteiger partial charge is 0.316 e. The van der Waals surface area contributed by atoms with Gasteiger partial charge in [0, 0.05) is 6.04 Å². The van der Waals surface area contributed by atoms with Gasteiger partial charge in [-0.25, -0.2) is 18.0 Å². The summed E-state index contributed by atoms with van der Waals surface area (Å²) >= 11 is 0. The Kier molecular flexibility index (Phi) is 3.97. The maximum atomic E-state index is 13.5. The van der Waals surface area contributed by atoms with Crippen molar-refractivity contribution in [2.45, 2.75) is 32.2 Å². The van der Waals surface area contributed by atoms with Gasteiger partial charge in [-0.15, -0.1) is 0 Å². The third-order valence-electron chi connectivity index (χ3n) is 2.95. The van der Waals surface area contributed by atoms with E-state index >= 15 is 0 Å². The van der Waals surface area contributed by atoms with E-state index in [9.17, 15) is 18.0 Å². The summed E-state index contributed by atoms with van der Waals surface area (Å²) in [4.78, 5) is 13.0. The molecule has 1 fully saturated rings. The molecule has 0 spiro atoms. The van der Waals surface area contributed by atoms with Crippen molar-refractivity contribution in [3.8, 4) is 0 Å². The van der Waals surface area contributed by atoms with E-state index in [0.29, 0.717) is 0 Å². The molecule has 1 N–H and O–H groups in total. The standard InChI is InChI=1S/C13H15F3N2O/c1-8-2-5-10(14)11(6-8)17-13(19)18(7-12(15)16)9-3-4-9/h2,5-6,9,12H,3-4,7H2,1H3,(H,17,19). The first kappa shape index (κ1) is 13.7. The summed E-state index contributed by atoms with van der Waals surface area (Å²) in [6.45, 7) is 1.14. The van der Waals surface area contributed by atoms with Gasteiger partial charge in [0.15, 0.2) is 0 Å². The van der Waals surface area contributed by atoms with E-state index in [-0.39, 0.29) is 11.7 Å². The second-order valence-electron chi connectivity index (χ2n) is 4.69. The van der Waals surface area contributed by atoms with Crippen LogP contribution in [0.3, 0.4) is 0 Å². The van der Waals surface area contributed by atoms with Crippen molar-refractivity contribution in [2.24, 2.45) is 0 Å². The van der Waals surface area contributed by atoms with Crippen LogP contribution in [0.5, 0.6) is 0 Å². The fourth-order valence-corrected chi connectivity index (χ4v) is 1.85. The zero-order valence-electron chi connectivity index (χ0n) is 10.5. The van der Waals surface area contributed by atoms with Gasteiger partial charge in [-0.3, -0.25) is 0 Å². The Bertz CT molecular complexity index is 475. The fraction of sp³-hybridized carbons (Fsp3) is 0.462. The summed E-state index contributed by atoms with van der Waals surface area (Å²) in [5.41, 5.74) is 0.799. The van der Waals surface area contributed by atoms with Crippen molar-refractivity contribution in [2.75, 3.05) is 11.9 Å². The number of aryl methyl sites for hydroxylation is 1. The lowest BCUT2D eigenvalue weighted by molar-refractivity contribution is 0.0994. The topological polar surface area (TPSA) is 32.3 Å². The molecule has 1 aliphatic rings. The Balaban J connectivity index is 2.07. The molecule has 0 aromatic heterocycles. The zero-order chi connectivity index (χ0) is 14.0. The highest BCUT2D eigenvalue weighted by Crippen LogP contribution is 2.28. The number of urea groups is 1. The molecule has 0 bridgehead atoms. The normalized spacial score (nSPS) is 14.6. The number of nitrogens with one attached hydrogen (secondary N) is 1. The fourth-order valence-electron chi connectivity index (χ4n) is 1.85. The molecule has 0 saturated heterocycles. The summed E-state index contributed by atoms with van der Waals surface area (Å²) < 4.78 is 38.3. The molecule has 19 heavy (non-hydrogen) atoms. The van der Waals surface area contributed by atoms with Gasteiger partial charge in [-0.05, 0) is 37.5 Å². The first-order chi connectivity index (χ1) is 8.97. The van der Waals surface area contributed by atoms with Gasteiger partial charge in [0.2, 0.25) is 0 Å². The summed E-state index contributed by atoms with van der Waals surface area (Å²) in [6.07, 6.45) is -1.15. The lowest BCUT2D eigenvalue weighted by Gasteiger charge is -2.22. The molecule has 0 atom stereocenters. The Morgan fingerprint density at radius 3 is 2.74 bits per heavy atom. The predicted octanol–water partition coefficient (Wildman–Crippen LogP) is 3.40. The summed E-state index contributed by atoms with van der Waals surface area (Å²) in [5, 5.41) is 2.36. The average molecular weight is 272 g/mol. The van der Waals surface area contributed by atoms with E-state index in [1.807, 2.05) is 0 Å². The predicted molar refractivity (Wildman–Crippen MR) is 65.9 cm³/mol. The number of nitrogens with zero attached hydrogens (tertiary/aromatic N) is 1. The van der Waals surface area contributed by atoms with E-state index in [0.717, 1.165) is 23.3 Å². The Labute approximate surface area is 109 Å². The molecule has 0 unspecified atom stereocenters. The molecule has 6 heteroatoms. The minimum Gasteiger partial charge on any atom is -0.316 e.